The number of rotatable bonds is 6. The Morgan fingerprint density at radius 1 is 1.40 bits per heavy atom. The average Bonchev–Trinajstić information content (AvgIpc) is 3.39. The number of aromatic amines is 1. The fourth-order valence-corrected chi connectivity index (χ4v) is 4.19. The van der Waals surface area contributed by atoms with Gasteiger partial charge in [0.25, 0.3) is 5.91 Å². The molecule has 2 aromatic rings. The highest BCUT2D eigenvalue weighted by Crippen LogP contribution is 2.42. The van der Waals surface area contributed by atoms with Gasteiger partial charge in [0.1, 0.15) is 5.82 Å². The Bertz CT molecular complexity index is 989. The summed E-state index contributed by atoms with van der Waals surface area (Å²) >= 11 is 5.82. The third-order valence-corrected chi connectivity index (χ3v) is 6.37. The molecule has 2 amide bonds. The van der Waals surface area contributed by atoms with Crippen molar-refractivity contribution in [2.75, 3.05) is 27.3 Å². The maximum atomic E-state index is 13.4. The van der Waals surface area contributed by atoms with Crippen LogP contribution in [0.1, 0.15) is 40.2 Å². The van der Waals surface area contributed by atoms with Crippen molar-refractivity contribution in [3.8, 4) is 0 Å². The Morgan fingerprint density at radius 2 is 2.17 bits per heavy atom. The maximum absolute atomic E-state index is 13.4. The van der Waals surface area contributed by atoms with Gasteiger partial charge in [-0.15, -0.1) is 0 Å². The number of benzene rings is 1. The van der Waals surface area contributed by atoms with Crippen LogP contribution in [0.3, 0.4) is 0 Å². The van der Waals surface area contributed by atoms with Gasteiger partial charge in [-0.05, 0) is 30.5 Å². The lowest BCUT2D eigenvalue weighted by Crippen LogP contribution is -2.43. The Labute approximate surface area is 179 Å². The van der Waals surface area contributed by atoms with Gasteiger partial charge >= 0.3 is 0 Å². The zero-order valence-electron chi connectivity index (χ0n) is 17.0. The van der Waals surface area contributed by atoms with E-state index in [0.717, 1.165) is 24.1 Å². The third kappa shape index (κ3) is 3.81. The quantitative estimate of drug-likeness (QED) is 0.758. The topological polar surface area (TPSA) is 78.5 Å². The molecule has 1 aliphatic carbocycles. The number of nitrogens with one attached hydrogen (secondary N) is 1. The summed E-state index contributed by atoms with van der Waals surface area (Å²) in [5.74, 6) is -0.779. The maximum Gasteiger partial charge on any atom is 0.274 e. The summed E-state index contributed by atoms with van der Waals surface area (Å²) < 4.78 is 18.6. The van der Waals surface area contributed by atoms with E-state index < -0.39 is 5.82 Å². The molecular weight excluding hydrogens is 411 g/mol. The summed E-state index contributed by atoms with van der Waals surface area (Å²) in [6.07, 6.45) is 2.52. The van der Waals surface area contributed by atoms with Gasteiger partial charge in [0.05, 0.1) is 23.6 Å². The predicted octanol–water partition coefficient (Wildman–Crippen LogP) is 2.58. The van der Waals surface area contributed by atoms with Crippen molar-refractivity contribution < 1.29 is 18.7 Å². The minimum absolute atomic E-state index is 0.00273. The molecule has 2 heterocycles. The monoisotopic (exact) mass is 434 g/mol. The number of H-pyrrole nitrogens is 1. The molecule has 1 aromatic heterocycles. The molecule has 0 bridgehead atoms. The number of likely N-dealkylation sites (N-methyl/N-ethyl adjacent to an activating group) is 1. The first-order valence-electron chi connectivity index (χ1n) is 9.89. The minimum atomic E-state index is -0.511. The second-order valence-electron chi connectivity index (χ2n) is 8.04. The molecule has 1 N–H and O–H groups in total. The summed E-state index contributed by atoms with van der Waals surface area (Å²) in [6, 6.07) is 4.29. The van der Waals surface area contributed by atoms with Gasteiger partial charge in [-0.2, -0.15) is 5.10 Å². The second-order valence-corrected chi connectivity index (χ2v) is 8.45. The molecule has 160 valence electrons. The van der Waals surface area contributed by atoms with Crippen molar-refractivity contribution in [1.82, 2.24) is 20.0 Å². The summed E-state index contributed by atoms with van der Waals surface area (Å²) in [4.78, 5) is 29.3. The fourth-order valence-electron chi connectivity index (χ4n) is 3.98. The van der Waals surface area contributed by atoms with Crippen LogP contribution in [0.25, 0.3) is 0 Å². The Morgan fingerprint density at radius 3 is 2.83 bits per heavy atom. The zero-order valence-corrected chi connectivity index (χ0v) is 17.8. The summed E-state index contributed by atoms with van der Waals surface area (Å²) in [7, 11) is 3.41. The molecule has 1 aliphatic heterocycles. The Balaban J connectivity index is 1.48. The van der Waals surface area contributed by atoms with Crippen LogP contribution in [-0.4, -0.2) is 64.7 Å². The van der Waals surface area contributed by atoms with Crippen LogP contribution >= 0.6 is 11.6 Å². The van der Waals surface area contributed by atoms with Crippen LogP contribution in [0, 0.1) is 5.82 Å². The number of halogens is 2. The Hall–Kier alpha value is -2.45. The molecule has 7 nitrogen and oxygen atoms in total. The van der Waals surface area contributed by atoms with E-state index in [2.05, 4.69) is 10.2 Å². The standard InChI is InChI=1S/C21H24ClFN4O3/c1-26(21(6-7-21)12-30-2)20(29)19-14-11-27(8-5-17(14)24-25-19)18(28)10-13-3-4-16(23)15(22)9-13/h3-4,9H,5-8,10-12H2,1-2H3,(H,24,25). The smallest absolute Gasteiger partial charge is 0.274 e. The number of nitrogens with zero attached hydrogens (tertiary/aromatic N) is 3. The molecule has 30 heavy (non-hydrogen) atoms. The number of amides is 2. The first-order valence-corrected chi connectivity index (χ1v) is 10.3. The molecule has 0 atom stereocenters. The van der Waals surface area contributed by atoms with E-state index in [-0.39, 0.29) is 28.8 Å². The highest BCUT2D eigenvalue weighted by Gasteiger charge is 2.49. The zero-order chi connectivity index (χ0) is 21.5. The normalized spacial score (nSPS) is 16.9. The highest BCUT2D eigenvalue weighted by molar-refractivity contribution is 6.30. The SMILES string of the molecule is COCC1(N(C)C(=O)c2n[nH]c3c2CN(C(=O)Cc2ccc(F)c(Cl)c2)CC3)CC1. The van der Waals surface area contributed by atoms with Gasteiger partial charge in [-0.25, -0.2) is 4.39 Å². The van der Waals surface area contributed by atoms with Crippen LogP contribution in [0.15, 0.2) is 18.2 Å². The lowest BCUT2D eigenvalue weighted by molar-refractivity contribution is -0.131. The van der Waals surface area contributed by atoms with Gasteiger partial charge < -0.3 is 14.5 Å². The first kappa shape index (κ1) is 20.8. The van der Waals surface area contributed by atoms with E-state index in [1.54, 1.807) is 30.0 Å². The van der Waals surface area contributed by atoms with Crippen molar-refractivity contribution in [2.24, 2.45) is 0 Å². The van der Waals surface area contributed by atoms with Crippen LogP contribution in [0.2, 0.25) is 5.02 Å². The molecule has 1 aromatic carbocycles. The van der Waals surface area contributed by atoms with E-state index >= 15 is 0 Å². The summed E-state index contributed by atoms with van der Waals surface area (Å²) in [6.45, 7) is 1.33. The number of hydrogen-bond donors (Lipinski definition) is 1. The molecule has 0 unspecified atom stereocenters. The number of hydrogen-bond acceptors (Lipinski definition) is 4. The van der Waals surface area contributed by atoms with Crippen molar-refractivity contribution in [3.05, 3.63) is 51.6 Å². The molecule has 0 saturated heterocycles. The number of aromatic nitrogens is 2. The summed E-state index contributed by atoms with van der Waals surface area (Å²) in [5.41, 5.74) is 2.39. The first-order chi connectivity index (χ1) is 14.3. The van der Waals surface area contributed by atoms with Crippen LogP contribution in [0.4, 0.5) is 4.39 Å². The number of methoxy groups -OCH3 is 1. The second kappa shape index (κ2) is 8.00. The van der Waals surface area contributed by atoms with E-state index in [1.165, 1.54) is 12.1 Å². The van der Waals surface area contributed by atoms with Gasteiger partial charge in [0.15, 0.2) is 5.69 Å². The minimum Gasteiger partial charge on any atom is -0.382 e. The molecular formula is C21H24ClFN4O3. The average molecular weight is 435 g/mol. The van der Waals surface area contributed by atoms with Crippen LogP contribution < -0.4 is 0 Å². The van der Waals surface area contributed by atoms with Gasteiger partial charge in [-0.1, -0.05) is 17.7 Å². The molecule has 1 saturated carbocycles. The van der Waals surface area contributed by atoms with E-state index in [0.29, 0.717) is 37.4 Å². The lowest BCUT2D eigenvalue weighted by Gasteiger charge is -2.29. The van der Waals surface area contributed by atoms with E-state index in [1.807, 2.05) is 0 Å². The highest BCUT2D eigenvalue weighted by atomic mass is 35.5. The van der Waals surface area contributed by atoms with Crippen molar-refractivity contribution >= 4 is 23.4 Å². The van der Waals surface area contributed by atoms with E-state index in [9.17, 15) is 14.0 Å². The molecule has 2 aliphatic rings. The third-order valence-electron chi connectivity index (χ3n) is 6.08. The van der Waals surface area contributed by atoms with Crippen LogP contribution in [-0.2, 0) is 28.9 Å². The Kier molecular flexibility index (Phi) is 5.55. The van der Waals surface area contributed by atoms with Crippen molar-refractivity contribution in [3.63, 3.8) is 0 Å². The number of carbonyl (C=O) groups excluding carboxylic acids is 2. The molecule has 9 heteroatoms. The predicted molar refractivity (Wildman–Crippen MR) is 109 cm³/mol. The van der Waals surface area contributed by atoms with E-state index in [4.69, 9.17) is 16.3 Å². The largest absolute Gasteiger partial charge is 0.382 e. The number of carbonyl (C=O) groups is 2. The molecule has 0 spiro atoms. The van der Waals surface area contributed by atoms with Crippen molar-refractivity contribution in [1.29, 1.82) is 0 Å². The molecule has 4 rings (SSSR count). The molecule has 0 radical (unpaired) electrons. The van der Waals surface area contributed by atoms with Crippen molar-refractivity contribution in [2.45, 2.75) is 37.8 Å². The number of ether oxygens (including phenoxy) is 1. The summed E-state index contributed by atoms with van der Waals surface area (Å²) in [5, 5.41) is 7.23. The van der Waals surface area contributed by atoms with Gasteiger partial charge in [0.2, 0.25) is 5.91 Å². The lowest BCUT2D eigenvalue weighted by atomic mass is 10.0. The van der Waals surface area contributed by atoms with Gasteiger partial charge in [0, 0.05) is 44.9 Å². The fraction of sp³-hybridized carbons (Fsp3) is 0.476. The molecule has 1 fully saturated rings. The number of fused-ring (bicyclic) bond motifs is 1. The van der Waals surface area contributed by atoms with Gasteiger partial charge in [-0.3, -0.25) is 14.7 Å². The van der Waals surface area contributed by atoms with Crippen LogP contribution in [0.5, 0.6) is 0 Å².